The normalized spacial score (nSPS) is 19.9. The van der Waals surface area contributed by atoms with Crippen molar-refractivity contribution in [3.8, 4) is 0 Å². The molecule has 2 amide bonds. The fraction of sp³-hybridized carbons (Fsp3) is 0.818. The molecule has 0 aromatic rings. The molecule has 0 bridgehead atoms. The first-order valence-electron chi connectivity index (χ1n) is 5.79. The number of nitrogens with one attached hydrogen (secondary N) is 1. The third-order valence-electron chi connectivity index (χ3n) is 2.75. The molecule has 0 atom stereocenters. The molecule has 0 saturated carbocycles. The van der Waals surface area contributed by atoms with E-state index < -0.39 is 18.1 Å². The fourth-order valence-corrected chi connectivity index (χ4v) is 1.89. The summed E-state index contributed by atoms with van der Waals surface area (Å²) >= 11 is 0. The summed E-state index contributed by atoms with van der Waals surface area (Å²) in [7, 11) is 0. The Morgan fingerprint density at radius 3 is 2.44 bits per heavy atom. The Labute approximate surface area is 104 Å². The summed E-state index contributed by atoms with van der Waals surface area (Å²) in [5, 5.41) is 2.54. The zero-order valence-corrected chi connectivity index (χ0v) is 10.4. The molecule has 0 aliphatic carbocycles. The third-order valence-corrected chi connectivity index (χ3v) is 2.75. The smallest absolute Gasteiger partial charge is 0.341 e. The number of nitrogens with zero attached hydrogens (tertiary/aromatic N) is 1. The van der Waals surface area contributed by atoms with Gasteiger partial charge in [0.2, 0.25) is 11.8 Å². The largest absolute Gasteiger partial charge is 0.389 e. The Morgan fingerprint density at radius 1 is 1.28 bits per heavy atom. The molecule has 1 rings (SSSR count). The van der Waals surface area contributed by atoms with Crippen LogP contribution in [0.2, 0.25) is 0 Å². The maximum atomic E-state index is 11.9. The summed E-state index contributed by atoms with van der Waals surface area (Å²) in [6.45, 7) is 3.27. The second kappa shape index (κ2) is 5.16. The first-order valence-corrected chi connectivity index (χ1v) is 5.79. The van der Waals surface area contributed by atoms with Crippen LogP contribution in [0.5, 0.6) is 0 Å². The highest BCUT2D eigenvalue weighted by Gasteiger charge is 2.38. The molecular formula is C11H17F3N2O2. The van der Waals surface area contributed by atoms with Gasteiger partial charge in [0.1, 0.15) is 5.54 Å². The van der Waals surface area contributed by atoms with Crippen molar-refractivity contribution in [1.82, 2.24) is 10.2 Å². The van der Waals surface area contributed by atoms with E-state index in [-0.39, 0.29) is 37.7 Å². The van der Waals surface area contributed by atoms with Gasteiger partial charge in [-0.25, -0.2) is 0 Å². The van der Waals surface area contributed by atoms with Gasteiger partial charge in [0.05, 0.1) is 6.54 Å². The molecule has 7 heteroatoms. The number of carbonyl (C=O) groups is 2. The molecule has 4 nitrogen and oxygen atoms in total. The van der Waals surface area contributed by atoms with Gasteiger partial charge < -0.3 is 10.2 Å². The minimum atomic E-state index is -4.16. The number of hydrogen-bond donors (Lipinski definition) is 1. The van der Waals surface area contributed by atoms with Gasteiger partial charge in [-0.15, -0.1) is 0 Å². The maximum Gasteiger partial charge on any atom is 0.389 e. The van der Waals surface area contributed by atoms with Crippen molar-refractivity contribution in [3.63, 3.8) is 0 Å². The molecule has 0 aromatic heterocycles. The van der Waals surface area contributed by atoms with Crippen molar-refractivity contribution < 1.29 is 22.8 Å². The number of alkyl halides is 3. The van der Waals surface area contributed by atoms with Crippen LogP contribution in [-0.4, -0.2) is 41.5 Å². The monoisotopic (exact) mass is 266 g/mol. The van der Waals surface area contributed by atoms with E-state index >= 15 is 0 Å². The standard InChI is InChI=1S/C11H17F3N2O2/c1-10(2)9(18)16(7-8(17)15-10)6-4-3-5-11(12,13)14/h3-7H2,1-2H3,(H,15,17). The molecule has 0 aromatic carbocycles. The number of halogens is 3. The number of unbranched alkanes of at least 4 members (excludes halogenated alkanes) is 1. The number of amides is 2. The van der Waals surface area contributed by atoms with Crippen molar-refractivity contribution in [2.45, 2.75) is 44.8 Å². The van der Waals surface area contributed by atoms with Gasteiger partial charge in [-0.3, -0.25) is 9.59 Å². The third kappa shape index (κ3) is 4.19. The van der Waals surface area contributed by atoms with Crippen LogP contribution in [-0.2, 0) is 9.59 Å². The van der Waals surface area contributed by atoms with Gasteiger partial charge in [0, 0.05) is 13.0 Å². The number of piperazine rings is 1. The lowest BCUT2D eigenvalue weighted by Crippen LogP contribution is -2.63. The van der Waals surface area contributed by atoms with E-state index in [2.05, 4.69) is 5.32 Å². The molecule has 0 radical (unpaired) electrons. The van der Waals surface area contributed by atoms with Gasteiger partial charge in [-0.05, 0) is 26.7 Å². The van der Waals surface area contributed by atoms with E-state index in [4.69, 9.17) is 0 Å². The average molecular weight is 266 g/mol. The second-order valence-electron chi connectivity index (χ2n) is 4.97. The molecule has 1 N–H and O–H groups in total. The Kier molecular flexibility index (Phi) is 4.24. The summed E-state index contributed by atoms with van der Waals surface area (Å²) in [6.07, 6.45) is -4.81. The summed E-state index contributed by atoms with van der Waals surface area (Å²) < 4.78 is 35.8. The lowest BCUT2D eigenvalue weighted by atomic mass is 10.00. The van der Waals surface area contributed by atoms with E-state index in [1.807, 2.05) is 0 Å². The molecule has 1 heterocycles. The molecule has 18 heavy (non-hydrogen) atoms. The summed E-state index contributed by atoms with van der Waals surface area (Å²) in [6, 6.07) is 0. The van der Waals surface area contributed by atoms with E-state index in [1.54, 1.807) is 13.8 Å². The Bertz CT molecular complexity index is 340. The van der Waals surface area contributed by atoms with Crippen LogP contribution in [0.15, 0.2) is 0 Å². The number of carbonyl (C=O) groups excluding carboxylic acids is 2. The van der Waals surface area contributed by atoms with Gasteiger partial charge in [0.15, 0.2) is 0 Å². The molecule has 104 valence electrons. The van der Waals surface area contributed by atoms with Gasteiger partial charge in [-0.2, -0.15) is 13.2 Å². The van der Waals surface area contributed by atoms with Crippen LogP contribution in [0.4, 0.5) is 13.2 Å². The van der Waals surface area contributed by atoms with Crippen molar-refractivity contribution in [2.24, 2.45) is 0 Å². The van der Waals surface area contributed by atoms with Gasteiger partial charge in [0.25, 0.3) is 0 Å². The van der Waals surface area contributed by atoms with E-state index in [1.165, 1.54) is 4.90 Å². The van der Waals surface area contributed by atoms with E-state index in [0.29, 0.717) is 0 Å². The predicted octanol–water partition coefficient (Wildman–Crippen LogP) is 1.46. The van der Waals surface area contributed by atoms with Crippen molar-refractivity contribution in [1.29, 1.82) is 0 Å². The summed E-state index contributed by atoms with van der Waals surface area (Å²) in [5.74, 6) is -0.537. The zero-order chi connectivity index (χ0) is 14.0. The van der Waals surface area contributed by atoms with Gasteiger partial charge >= 0.3 is 6.18 Å². The van der Waals surface area contributed by atoms with Crippen LogP contribution in [0.3, 0.4) is 0 Å². The van der Waals surface area contributed by atoms with Crippen LogP contribution in [0.1, 0.15) is 33.1 Å². The molecule has 0 unspecified atom stereocenters. The van der Waals surface area contributed by atoms with Gasteiger partial charge in [-0.1, -0.05) is 0 Å². The quantitative estimate of drug-likeness (QED) is 0.783. The highest BCUT2D eigenvalue weighted by Crippen LogP contribution is 2.22. The molecule has 0 spiro atoms. The minimum Gasteiger partial charge on any atom is -0.341 e. The van der Waals surface area contributed by atoms with Crippen molar-refractivity contribution in [3.05, 3.63) is 0 Å². The molecular weight excluding hydrogens is 249 g/mol. The van der Waals surface area contributed by atoms with E-state index in [0.717, 1.165) is 0 Å². The van der Waals surface area contributed by atoms with E-state index in [9.17, 15) is 22.8 Å². The zero-order valence-electron chi connectivity index (χ0n) is 10.4. The predicted molar refractivity (Wildman–Crippen MR) is 58.7 cm³/mol. The first-order chi connectivity index (χ1) is 8.12. The number of rotatable bonds is 4. The maximum absolute atomic E-state index is 11.9. The van der Waals surface area contributed by atoms with Crippen LogP contribution < -0.4 is 5.32 Å². The topological polar surface area (TPSA) is 49.4 Å². The second-order valence-corrected chi connectivity index (χ2v) is 4.97. The van der Waals surface area contributed by atoms with Crippen LogP contribution in [0.25, 0.3) is 0 Å². The van der Waals surface area contributed by atoms with Crippen molar-refractivity contribution >= 4 is 11.8 Å². The molecule has 1 saturated heterocycles. The van der Waals surface area contributed by atoms with Crippen LogP contribution >= 0.6 is 0 Å². The Balaban J connectivity index is 2.42. The highest BCUT2D eigenvalue weighted by atomic mass is 19.4. The SMILES string of the molecule is CC1(C)NC(=O)CN(CCCCC(F)(F)F)C1=O. The average Bonchev–Trinajstić information content (AvgIpc) is 2.17. The Morgan fingerprint density at radius 2 is 1.89 bits per heavy atom. The summed E-state index contributed by atoms with van der Waals surface area (Å²) in [4.78, 5) is 24.5. The molecule has 1 aliphatic rings. The molecule has 1 aliphatic heterocycles. The minimum absolute atomic E-state index is 0.0324. The first kappa shape index (κ1) is 14.8. The lowest BCUT2D eigenvalue weighted by Gasteiger charge is -2.37. The fourth-order valence-electron chi connectivity index (χ4n) is 1.89. The van der Waals surface area contributed by atoms with Crippen LogP contribution in [0, 0.1) is 0 Å². The number of hydrogen-bond acceptors (Lipinski definition) is 2. The highest BCUT2D eigenvalue weighted by molar-refractivity contribution is 5.97. The molecule has 1 fully saturated rings. The summed E-state index contributed by atoms with van der Waals surface area (Å²) in [5.41, 5.74) is -0.973. The van der Waals surface area contributed by atoms with Crippen molar-refractivity contribution in [2.75, 3.05) is 13.1 Å². The lowest BCUT2D eigenvalue weighted by molar-refractivity contribution is -0.148. The Hall–Kier alpha value is -1.27.